The van der Waals surface area contributed by atoms with Gasteiger partial charge in [-0.2, -0.15) is 5.10 Å². The molecule has 1 amide bonds. The summed E-state index contributed by atoms with van der Waals surface area (Å²) < 4.78 is 7.21. The molecule has 3 rings (SSSR count). The zero-order valence-corrected chi connectivity index (χ0v) is 14.4. The van der Waals surface area contributed by atoms with Crippen LogP contribution in [0.2, 0.25) is 0 Å². The number of amides is 1. The first-order chi connectivity index (χ1) is 11.6. The minimum Gasteiger partial charge on any atom is -0.496 e. The number of carbonyl (C=O) groups excluding carboxylic acids is 1. The van der Waals surface area contributed by atoms with Crippen molar-refractivity contribution in [3.8, 4) is 5.75 Å². The van der Waals surface area contributed by atoms with Gasteiger partial charge in [0.15, 0.2) is 0 Å². The normalized spacial score (nSPS) is 16.7. The van der Waals surface area contributed by atoms with Gasteiger partial charge in [-0.15, -0.1) is 0 Å². The topological polar surface area (TPSA) is 69.0 Å². The number of aromatic nitrogens is 3. The number of hydrogen-bond donors (Lipinski definition) is 1. The van der Waals surface area contributed by atoms with E-state index in [2.05, 4.69) is 29.2 Å². The third-order valence-corrected chi connectivity index (χ3v) is 4.78. The number of methoxy groups -OCH3 is 1. The van der Waals surface area contributed by atoms with Gasteiger partial charge in [-0.1, -0.05) is 32.0 Å². The van der Waals surface area contributed by atoms with Crippen LogP contribution < -0.4 is 10.1 Å². The molecule has 128 valence electrons. The van der Waals surface area contributed by atoms with Crippen LogP contribution in [0.1, 0.15) is 32.3 Å². The zero-order valence-electron chi connectivity index (χ0n) is 14.4. The van der Waals surface area contributed by atoms with Crippen LogP contribution in [0.25, 0.3) is 0 Å². The van der Waals surface area contributed by atoms with Gasteiger partial charge in [-0.3, -0.25) is 9.48 Å². The summed E-state index contributed by atoms with van der Waals surface area (Å²) in [5.74, 6) is 1.15. The summed E-state index contributed by atoms with van der Waals surface area (Å²) in [4.78, 5) is 17.0. The molecule has 6 heteroatoms. The Morgan fingerprint density at radius 1 is 1.38 bits per heavy atom. The molecule has 0 saturated heterocycles. The Labute approximate surface area is 142 Å². The number of benzene rings is 1. The number of nitrogens with zero attached hydrogens (tertiary/aromatic N) is 3. The van der Waals surface area contributed by atoms with E-state index >= 15 is 0 Å². The summed E-state index contributed by atoms with van der Waals surface area (Å²) >= 11 is 0. The molecule has 1 aromatic heterocycles. The molecular formula is C18H24N4O2. The molecule has 6 nitrogen and oxygen atoms in total. The fraction of sp³-hybridized carbons (Fsp3) is 0.500. The van der Waals surface area contributed by atoms with Crippen molar-refractivity contribution in [3.05, 3.63) is 42.5 Å². The number of carbonyl (C=O) groups is 1. The number of rotatable bonds is 7. The molecule has 1 heterocycles. The maximum atomic E-state index is 13.0. The first kappa shape index (κ1) is 16.5. The highest BCUT2D eigenvalue weighted by Gasteiger charge is 2.53. The fourth-order valence-electron chi connectivity index (χ4n) is 3.04. The molecule has 1 fully saturated rings. The van der Waals surface area contributed by atoms with E-state index in [1.54, 1.807) is 18.1 Å². The summed E-state index contributed by atoms with van der Waals surface area (Å²) in [6.45, 7) is 4.82. The van der Waals surface area contributed by atoms with E-state index in [9.17, 15) is 4.79 Å². The quantitative estimate of drug-likeness (QED) is 0.845. The molecule has 2 aromatic rings. The Morgan fingerprint density at radius 3 is 2.71 bits per heavy atom. The molecule has 0 aliphatic heterocycles. The van der Waals surface area contributed by atoms with E-state index in [1.807, 2.05) is 24.3 Å². The lowest BCUT2D eigenvalue weighted by molar-refractivity contribution is -0.124. The van der Waals surface area contributed by atoms with E-state index in [1.165, 1.54) is 6.33 Å². The van der Waals surface area contributed by atoms with E-state index in [0.29, 0.717) is 12.5 Å². The van der Waals surface area contributed by atoms with Crippen molar-refractivity contribution >= 4 is 5.91 Å². The van der Waals surface area contributed by atoms with Crippen LogP contribution in [0, 0.1) is 5.92 Å². The maximum Gasteiger partial charge on any atom is 0.231 e. The predicted octanol–water partition coefficient (Wildman–Crippen LogP) is 2.16. The Hall–Kier alpha value is -2.37. The van der Waals surface area contributed by atoms with Crippen LogP contribution in [0.3, 0.4) is 0 Å². The molecule has 0 unspecified atom stereocenters. The average molecular weight is 328 g/mol. The molecule has 1 saturated carbocycles. The van der Waals surface area contributed by atoms with Gasteiger partial charge in [0.1, 0.15) is 18.4 Å². The van der Waals surface area contributed by atoms with Crippen molar-refractivity contribution in [2.75, 3.05) is 7.11 Å². The number of nitrogens with one attached hydrogen (secondary N) is 1. The largest absolute Gasteiger partial charge is 0.496 e. The number of ether oxygens (including phenoxy) is 1. The molecule has 24 heavy (non-hydrogen) atoms. The second-order valence-corrected chi connectivity index (χ2v) is 6.72. The van der Waals surface area contributed by atoms with Crippen molar-refractivity contribution in [3.63, 3.8) is 0 Å². The molecule has 0 spiro atoms. The molecular weight excluding hydrogens is 304 g/mol. The third-order valence-electron chi connectivity index (χ3n) is 4.78. The van der Waals surface area contributed by atoms with Crippen LogP contribution >= 0.6 is 0 Å². The van der Waals surface area contributed by atoms with Crippen LogP contribution in [0.15, 0.2) is 36.9 Å². The summed E-state index contributed by atoms with van der Waals surface area (Å²) in [5, 5.41) is 7.37. The highest BCUT2D eigenvalue weighted by atomic mass is 16.5. The molecule has 1 aliphatic carbocycles. The van der Waals surface area contributed by atoms with Crippen molar-refractivity contribution < 1.29 is 9.53 Å². The van der Waals surface area contributed by atoms with Crippen molar-refractivity contribution in [2.45, 2.75) is 44.7 Å². The second kappa shape index (κ2) is 6.63. The fourth-order valence-corrected chi connectivity index (χ4v) is 3.04. The molecule has 1 aromatic carbocycles. The Morgan fingerprint density at radius 2 is 2.12 bits per heavy atom. The number of para-hydroxylation sites is 1. The maximum absolute atomic E-state index is 13.0. The van der Waals surface area contributed by atoms with E-state index in [4.69, 9.17) is 4.74 Å². The Balaban J connectivity index is 1.77. The SMILES string of the molecule is COc1ccccc1C1(C(=O)N[C@@H](Cn2cncn2)C(C)C)CC1. The monoisotopic (exact) mass is 328 g/mol. The summed E-state index contributed by atoms with van der Waals surface area (Å²) in [6.07, 6.45) is 4.89. The minimum atomic E-state index is -0.456. The van der Waals surface area contributed by atoms with Gasteiger partial charge in [-0.05, 0) is 24.8 Å². The summed E-state index contributed by atoms with van der Waals surface area (Å²) in [5.41, 5.74) is 0.524. The Kier molecular flexibility index (Phi) is 4.55. The predicted molar refractivity (Wildman–Crippen MR) is 90.7 cm³/mol. The van der Waals surface area contributed by atoms with Crippen LogP contribution in [0.4, 0.5) is 0 Å². The van der Waals surface area contributed by atoms with Gasteiger partial charge >= 0.3 is 0 Å². The molecule has 1 aliphatic rings. The van der Waals surface area contributed by atoms with Gasteiger partial charge in [0.05, 0.1) is 25.1 Å². The molecule has 1 atom stereocenters. The minimum absolute atomic E-state index is 0.00591. The Bertz CT molecular complexity index is 693. The molecule has 0 radical (unpaired) electrons. The first-order valence-corrected chi connectivity index (χ1v) is 8.33. The zero-order chi connectivity index (χ0) is 17.2. The van der Waals surface area contributed by atoms with Crippen LogP contribution in [0.5, 0.6) is 5.75 Å². The van der Waals surface area contributed by atoms with Gasteiger partial charge in [0.2, 0.25) is 5.91 Å². The highest BCUT2D eigenvalue weighted by Crippen LogP contribution is 2.51. The summed E-state index contributed by atoms with van der Waals surface area (Å²) in [7, 11) is 1.65. The van der Waals surface area contributed by atoms with Crippen molar-refractivity contribution in [1.82, 2.24) is 20.1 Å². The average Bonchev–Trinajstić information content (AvgIpc) is 3.24. The van der Waals surface area contributed by atoms with Crippen molar-refractivity contribution in [2.24, 2.45) is 5.92 Å². The first-order valence-electron chi connectivity index (χ1n) is 8.33. The van der Waals surface area contributed by atoms with E-state index in [-0.39, 0.29) is 11.9 Å². The smallest absolute Gasteiger partial charge is 0.231 e. The molecule has 0 bridgehead atoms. The lowest BCUT2D eigenvalue weighted by Crippen LogP contribution is -2.46. The van der Waals surface area contributed by atoms with E-state index in [0.717, 1.165) is 24.2 Å². The third kappa shape index (κ3) is 3.13. The summed E-state index contributed by atoms with van der Waals surface area (Å²) in [6, 6.07) is 7.80. The van der Waals surface area contributed by atoms with Crippen molar-refractivity contribution in [1.29, 1.82) is 0 Å². The van der Waals surface area contributed by atoms with Gasteiger partial charge in [0, 0.05) is 5.56 Å². The van der Waals surface area contributed by atoms with E-state index < -0.39 is 5.41 Å². The van der Waals surface area contributed by atoms with Crippen LogP contribution in [-0.4, -0.2) is 33.8 Å². The highest BCUT2D eigenvalue weighted by molar-refractivity contribution is 5.92. The van der Waals surface area contributed by atoms with Crippen LogP contribution in [-0.2, 0) is 16.8 Å². The molecule has 1 N–H and O–H groups in total. The van der Waals surface area contributed by atoms with Gasteiger partial charge in [-0.25, -0.2) is 4.98 Å². The second-order valence-electron chi connectivity index (χ2n) is 6.72. The van der Waals surface area contributed by atoms with Gasteiger partial charge in [0.25, 0.3) is 0 Å². The van der Waals surface area contributed by atoms with Gasteiger partial charge < -0.3 is 10.1 Å². The number of hydrogen-bond acceptors (Lipinski definition) is 4. The lowest BCUT2D eigenvalue weighted by atomic mass is 9.92. The lowest BCUT2D eigenvalue weighted by Gasteiger charge is -2.26. The standard InChI is InChI=1S/C18H24N4O2/c1-13(2)15(10-22-12-19-11-20-22)21-17(23)18(8-9-18)14-6-4-5-7-16(14)24-3/h4-7,11-13,15H,8-10H2,1-3H3,(H,21,23)/t15-/m0/s1.